The molecule has 4 aromatic rings. The summed E-state index contributed by atoms with van der Waals surface area (Å²) in [6, 6.07) is 32.7. The van der Waals surface area contributed by atoms with E-state index < -0.39 is 0 Å². The van der Waals surface area contributed by atoms with E-state index in [0.717, 1.165) is 12.8 Å². The van der Waals surface area contributed by atoms with Crippen molar-refractivity contribution in [1.29, 1.82) is 0 Å². The fourth-order valence-corrected chi connectivity index (χ4v) is 4.55. The van der Waals surface area contributed by atoms with E-state index in [2.05, 4.69) is 133 Å². The number of imidazole rings is 1. The van der Waals surface area contributed by atoms with Crippen LogP contribution in [0.4, 0.5) is 0 Å². The Morgan fingerprint density at radius 1 is 0.828 bits per heavy atom. The standard InChI is InChI=1S/C27H29N2/c1-3-26(29-20-19-28(22-29)25-17-11-6-12-18-25)27(2,24-15-9-5-10-16-24)21-23-13-7-4-8-14-23/h4-20,22,26H,3,21H2,1-2H3/q+1. The lowest BCUT2D eigenvalue weighted by atomic mass is 9.70. The van der Waals surface area contributed by atoms with Crippen molar-refractivity contribution < 1.29 is 4.57 Å². The summed E-state index contributed by atoms with van der Waals surface area (Å²) in [5.74, 6) is 0. The van der Waals surface area contributed by atoms with Crippen LogP contribution in [-0.4, -0.2) is 4.57 Å². The second-order valence-electron chi connectivity index (χ2n) is 7.97. The summed E-state index contributed by atoms with van der Waals surface area (Å²) in [5.41, 5.74) is 3.92. The molecule has 0 saturated carbocycles. The highest BCUT2D eigenvalue weighted by Crippen LogP contribution is 2.38. The van der Waals surface area contributed by atoms with E-state index in [0.29, 0.717) is 6.04 Å². The third kappa shape index (κ3) is 4.02. The highest BCUT2D eigenvalue weighted by atomic mass is 15.1. The first-order chi connectivity index (χ1) is 14.2. The highest BCUT2D eigenvalue weighted by molar-refractivity contribution is 5.31. The molecule has 29 heavy (non-hydrogen) atoms. The van der Waals surface area contributed by atoms with Crippen molar-refractivity contribution in [2.45, 2.75) is 38.1 Å². The summed E-state index contributed by atoms with van der Waals surface area (Å²) < 4.78 is 4.60. The fourth-order valence-electron chi connectivity index (χ4n) is 4.55. The zero-order valence-corrected chi connectivity index (χ0v) is 17.3. The van der Waals surface area contributed by atoms with Gasteiger partial charge in [-0.2, -0.15) is 0 Å². The average Bonchev–Trinajstić information content (AvgIpc) is 3.26. The van der Waals surface area contributed by atoms with E-state index in [9.17, 15) is 0 Å². The zero-order valence-electron chi connectivity index (χ0n) is 17.3. The van der Waals surface area contributed by atoms with Crippen molar-refractivity contribution >= 4 is 0 Å². The Balaban J connectivity index is 1.75. The van der Waals surface area contributed by atoms with Crippen LogP contribution >= 0.6 is 0 Å². The van der Waals surface area contributed by atoms with Gasteiger partial charge in [0.2, 0.25) is 6.33 Å². The molecule has 0 aliphatic heterocycles. The van der Waals surface area contributed by atoms with Crippen LogP contribution in [0.1, 0.15) is 37.4 Å². The van der Waals surface area contributed by atoms with E-state index in [1.54, 1.807) is 0 Å². The molecule has 0 amide bonds. The summed E-state index contributed by atoms with van der Waals surface area (Å²) in [6.45, 7) is 4.71. The molecular formula is C27H29N2+. The molecule has 2 atom stereocenters. The molecular weight excluding hydrogens is 352 g/mol. The number of nitrogens with zero attached hydrogens (tertiary/aromatic N) is 2. The molecule has 2 heteroatoms. The normalized spacial score (nSPS) is 14.3. The lowest BCUT2D eigenvalue weighted by molar-refractivity contribution is -0.731. The molecule has 1 heterocycles. The van der Waals surface area contributed by atoms with Crippen LogP contribution in [0.2, 0.25) is 0 Å². The van der Waals surface area contributed by atoms with Gasteiger partial charge in [-0.25, -0.2) is 9.13 Å². The van der Waals surface area contributed by atoms with Crippen molar-refractivity contribution in [2.24, 2.45) is 0 Å². The van der Waals surface area contributed by atoms with Crippen molar-refractivity contribution in [3.05, 3.63) is 121 Å². The monoisotopic (exact) mass is 381 g/mol. The predicted molar refractivity (Wildman–Crippen MR) is 119 cm³/mol. The first kappa shape index (κ1) is 19.2. The Kier molecular flexibility index (Phi) is 5.62. The van der Waals surface area contributed by atoms with Crippen molar-refractivity contribution in [3.63, 3.8) is 0 Å². The summed E-state index contributed by atoms with van der Waals surface area (Å²) >= 11 is 0. The Morgan fingerprint density at radius 3 is 2.03 bits per heavy atom. The maximum Gasteiger partial charge on any atom is 0.249 e. The van der Waals surface area contributed by atoms with Gasteiger partial charge in [0, 0.05) is 5.41 Å². The van der Waals surface area contributed by atoms with E-state index in [1.165, 1.54) is 16.8 Å². The molecule has 0 N–H and O–H groups in total. The predicted octanol–water partition coefficient (Wildman–Crippen LogP) is 5.92. The van der Waals surface area contributed by atoms with Gasteiger partial charge in [-0.05, 0) is 36.1 Å². The van der Waals surface area contributed by atoms with Gasteiger partial charge in [-0.1, -0.05) is 92.7 Å². The molecule has 3 aromatic carbocycles. The van der Waals surface area contributed by atoms with Gasteiger partial charge < -0.3 is 0 Å². The van der Waals surface area contributed by atoms with Gasteiger partial charge in [0.15, 0.2) is 0 Å². The fraction of sp³-hybridized carbons (Fsp3) is 0.222. The first-order valence-electron chi connectivity index (χ1n) is 10.4. The molecule has 4 rings (SSSR count). The lowest BCUT2D eigenvalue weighted by Gasteiger charge is -2.36. The number of para-hydroxylation sites is 1. The van der Waals surface area contributed by atoms with Crippen LogP contribution < -0.4 is 4.57 Å². The van der Waals surface area contributed by atoms with Gasteiger partial charge >= 0.3 is 0 Å². The van der Waals surface area contributed by atoms with E-state index in [-0.39, 0.29) is 5.41 Å². The van der Waals surface area contributed by atoms with E-state index in [4.69, 9.17) is 0 Å². The third-order valence-corrected chi connectivity index (χ3v) is 6.04. The smallest absolute Gasteiger partial charge is 0.233 e. The van der Waals surface area contributed by atoms with E-state index >= 15 is 0 Å². The van der Waals surface area contributed by atoms with Crippen LogP contribution in [0.5, 0.6) is 0 Å². The average molecular weight is 382 g/mol. The topological polar surface area (TPSA) is 8.81 Å². The largest absolute Gasteiger partial charge is 0.249 e. The Labute approximate surface area is 174 Å². The SMILES string of the molecule is CCC([n+]1ccn(-c2ccccc2)c1)C(C)(Cc1ccccc1)c1ccccc1. The Hall–Kier alpha value is -3.13. The minimum absolute atomic E-state index is 0.0229. The molecule has 0 bridgehead atoms. The van der Waals surface area contributed by atoms with Crippen LogP contribution in [0.25, 0.3) is 5.69 Å². The first-order valence-corrected chi connectivity index (χ1v) is 10.4. The number of benzene rings is 3. The van der Waals surface area contributed by atoms with Crippen LogP contribution in [0.3, 0.4) is 0 Å². The van der Waals surface area contributed by atoms with E-state index in [1.807, 2.05) is 0 Å². The molecule has 0 fully saturated rings. The van der Waals surface area contributed by atoms with Gasteiger partial charge in [0.05, 0.1) is 0 Å². The molecule has 0 aliphatic rings. The van der Waals surface area contributed by atoms with Gasteiger partial charge in [-0.3, -0.25) is 0 Å². The van der Waals surface area contributed by atoms with Gasteiger partial charge in [-0.15, -0.1) is 0 Å². The Morgan fingerprint density at radius 2 is 1.41 bits per heavy atom. The van der Waals surface area contributed by atoms with Gasteiger partial charge in [0.1, 0.15) is 24.1 Å². The minimum Gasteiger partial charge on any atom is -0.233 e. The quantitative estimate of drug-likeness (QED) is 0.352. The molecule has 0 spiro atoms. The molecule has 0 radical (unpaired) electrons. The molecule has 0 aliphatic carbocycles. The van der Waals surface area contributed by atoms with Crippen LogP contribution in [0.15, 0.2) is 110 Å². The summed E-state index contributed by atoms with van der Waals surface area (Å²) in [6.07, 6.45) is 8.66. The molecule has 2 nitrogen and oxygen atoms in total. The molecule has 1 aromatic heterocycles. The lowest BCUT2D eigenvalue weighted by Crippen LogP contribution is -2.50. The summed E-state index contributed by atoms with van der Waals surface area (Å²) in [4.78, 5) is 0. The summed E-state index contributed by atoms with van der Waals surface area (Å²) in [5, 5.41) is 0. The van der Waals surface area contributed by atoms with Gasteiger partial charge in [0.25, 0.3) is 0 Å². The molecule has 2 unspecified atom stereocenters. The number of aromatic nitrogens is 2. The number of rotatable bonds is 7. The number of hydrogen-bond acceptors (Lipinski definition) is 0. The minimum atomic E-state index is -0.0229. The van der Waals surface area contributed by atoms with Crippen molar-refractivity contribution in [2.75, 3.05) is 0 Å². The maximum absolute atomic E-state index is 2.41. The maximum atomic E-state index is 2.41. The Bertz CT molecular complexity index is 1020. The van der Waals surface area contributed by atoms with Crippen LogP contribution in [-0.2, 0) is 11.8 Å². The second-order valence-corrected chi connectivity index (χ2v) is 7.97. The van der Waals surface area contributed by atoms with Crippen LogP contribution in [0, 0.1) is 0 Å². The summed E-state index contributed by atoms with van der Waals surface area (Å²) in [7, 11) is 0. The van der Waals surface area contributed by atoms with Crippen molar-refractivity contribution in [3.8, 4) is 5.69 Å². The number of hydrogen-bond donors (Lipinski definition) is 0. The van der Waals surface area contributed by atoms with Crippen molar-refractivity contribution in [1.82, 2.24) is 4.57 Å². The second kappa shape index (κ2) is 8.48. The zero-order chi connectivity index (χ0) is 20.1. The highest BCUT2D eigenvalue weighted by Gasteiger charge is 2.39. The molecule has 146 valence electrons. The molecule has 0 saturated heterocycles. The third-order valence-electron chi connectivity index (χ3n) is 6.04.